The SMILES string of the molecule is CCOc1ccccc1C(=O)N[C@H](C(=O)Nc1ccc(C)cc1)C(C)C. The summed E-state index contributed by atoms with van der Waals surface area (Å²) in [5.74, 6) is -0.129. The lowest BCUT2D eigenvalue weighted by Gasteiger charge is -2.22. The zero-order valence-electron chi connectivity index (χ0n) is 15.7. The van der Waals surface area contributed by atoms with Crippen LogP contribution in [0.25, 0.3) is 0 Å². The number of carbonyl (C=O) groups excluding carboxylic acids is 2. The molecular formula is C21H26N2O3. The van der Waals surface area contributed by atoms with Crippen LogP contribution in [-0.4, -0.2) is 24.5 Å². The van der Waals surface area contributed by atoms with E-state index < -0.39 is 6.04 Å². The van der Waals surface area contributed by atoms with Gasteiger partial charge in [-0.3, -0.25) is 9.59 Å². The van der Waals surface area contributed by atoms with E-state index in [1.54, 1.807) is 18.2 Å². The Balaban J connectivity index is 2.13. The lowest BCUT2D eigenvalue weighted by atomic mass is 10.0. The number of hydrogen-bond donors (Lipinski definition) is 2. The first-order chi connectivity index (χ1) is 12.4. The number of aryl methyl sites for hydroxylation is 1. The van der Waals surface area contributed by atoms with E-state index in [0.29, 0.717) is 23.6 Å². The van der Waals surface area contributed by atoms with Crippen LogP contribution in [0.4, 0.5) is 5.69 Å². The minimum absolute atomic E-state index is 0.0661. The summed E-state index contributed by atoms with van der Waals surface area (Å²) in [7, 11) is 0. The lowest BCUT2D eigenvalue weighted by molar-refractivity contribution is -0.118. The highest BCUT2D eigenvalue weighted by Gasteiger charge is 2.26. The number of amides is 2. The van der Waals surface area contributed by atoms with Crippen LogP contribution in [0.5, 0.6) is 5.75 Å². The second-order valence-electron chi connectivity index (χ2n) is 6.48. The van der Waals surface area contributed by atoms with Gasteiger partial charge >= 0.3 is 0 Å². The number of carbonyl (C=O) groups is 2. The van der Waals surface area contributed by atoms with Crippen molar-refractivity contribution in [2.45, 2.75) is 33.7 Å². The molecule has 0 aliphatic heterocycles. The molecule has 0 saturated heterocycles. The van der Waals surface area contributed by atoms with Gasteiger partial charge in [-0.2, -0.15) is 0 Å². The standard InChI is InChI=1S/C21H26N2O3/c1-5-26-18-9-7-6-8-17(18)20(24)23-19(14(2)3)21(25)22-16-12-10-15(4)11-13-16/h6-14,19H,5H2,1-4H3,(H,22,25)(H,23,24)/t19-/m0/s1. The van der Waals surface area contributed by atoms with E-state index in [9.17, 15) is 9.59 Å². The minimum atomic E-state index is -0.654. The fourth-order valence-corrected chi connectivity index (χ4v) is 2.55. The summed E-state index contributed by atoms with van der Waals surface area (Å²) in [6, 6.07) is 13.9. The normalized spacial score (nSPS) is 11.7. The highest BCUT2D eigenvalue weighted by Crippen LogP contribution is 2.19. The Morgan fingerprint density at radius 2 is 1.69 bits per heavy atom. The number of para-hydroxylation sites is 1. The van der Waals surface area contributed by atoms with Crippen LogP contribution in [0.15, 0.2) is 48.5 Å². The fraction of sp³-hybridized carbons (Fsp3) is 0.333. The molecule has 138 valence electrons. The molecule has 2 N–H and O–H groups in total. The molecular weight excluding hydrogens is 328 g/mol. The van der Waals surface area contributed by atoms with E-state index >= 15 is 0 Å². The maximum atomic E-state index is 12.7. The summed E-state index contributed by atoms with van der Waals surface area (Å²) >= 11 is 0. The zero-order valence-corrected chi connectivity index (χ0v) is 15.7. The van der Waals surface area contributed by atoms with Gasteiger partial charge in [-0.25, -0.2) is 0 Å². The van der Waals surface area contributed by atoms with Crippen LogP contribution in [-0.2, 0) is 4.79 Å². The average molecular weight is 354 g/mol. The van der Waals surface area contributed by atoms with Gasteiger partial charge in [0.2, 0.25) is 5.91 Å². The predicted molar refractivity (Wildman–Crippen MR) is 104 cm³/mol. The van der Waals surface area contributed by atoms with Crippen molar-refractivity contribution in [1.82, 2.24) is 5.32 Å². The number of hydrogen-bond acceptors (Lipinski definition) is 3. The van der Waals surface area contributed by atoms with Gasteiger partial charge in [-0.05, 0) is 44.0 Å². The van der Waals surface area contributed by atoms with E-state index in [1.165, 1.54) is 0 Å². The van der Waals surface area contributed by atoms with Crippen LogP contribution in [0, 0.1) is 12.8 Å². The molecule has 5 heteroatoms. The van der Waals surface area contributed by atoms with Crippen molar-refractivity contribution in [3.05, 3.63) is 59.7 Å². The zero-order chi connectivity index (χ0) is 19.1. The molecule has 0 unspecified atom stereocenters. The summed E-state index contributed by atoms with van der Waals surface area (Å²) in [5, 5.41) is 5.69. The Bertz CT molecular complexity index is 754. The van der Waals surface area contributed by atoms with Gasteiger partial charge < -0.3 is 15.4 Å². The van der Waals surface area contributed by atoms with E-state index in [4.69, 9.17) is 4.74 Å². The largest absolute Gasteiger partial charge is 0.493 e. The van der Waals surface area contributed by atoms with E-state index in [0.717, 1.165) is 5.56 Å². The van der Waals surface area contributed by atoms with Crippen molar-refractivity contribution in [2.75, 3.05) is 11.9 Å². The Hall–Kier alpha value is -2.82. The third kappa shape index (κ3) is 5.09. The minimum Gasteiger partial charge on any atom is -0.493 e. The maximum absolute atomic E-state index is 12.7. The van der Waals surface area contributed by atoms with Crippen LogP contribution >= 0.6 is 0 Å². The summed E-state index contributed by atoms with van der Waals surface area (Å²) in [5.41, 5.74) is 2.24. The predicted octanol–water partition coefficient (Wildman–Crippen LogP) is 3.79. The summed E-state index contributed by atoms with van der Waals surface area (Å²) in [6.45, 7) is 8.10. The Kier molecular flexibility index (Phi) is 6.78. The number of rotatable bonds is 7. The molecule has 0 aliphatic carbocycles. The average Bonchev–Trinajstić information content (AvgIpc) is 2.61. The van der Waals surface area contributed by atoms with Gasteiger partial charge in [0.15, 0.2) is 0 Å². The number of benzene rings is 2. The Morgan fingerprint density at radius 1 is 1.04 bits per heavy atom. The first-order valence-corrected chi connectivity index (χ1v) is 8.82. The van der Waals surface area contributed by atoms with E-state index in [2.05, 4.69) is 10.6 Å². The molecule has 2 amide bonds. The van der Waals surface area contributed by atoms with E-state index in [1.807, 2.05) is 58.0 Å². The smallest absolute Gasteiger partial charge is 0.255 e. The molecule has 0 heterocycles. The molecule has 0 aliphatic rings. The van der Waals surface area contributed by atoms with Crippen molar-refractivity contribution in [1.29, 1.82) is 0 Å². The molecule has 0 aromatic heterocycles. The van der Waals surface area contributed by atoms with Gasteiger partial charge in [0.05, 0.1) is 12.2 Å². The second-order valence-corrected chi connectivity index (χ2v) is 6.48. The quantitative estimate of drug-likeness (QED) is 0.795. The third-order valence-corrected chi connectivity index (χ3v) is 3.99. The summed E-state index contributed by atoms with van der Waals surface area (Å²) in [6.07, 6.45) is 0. The van der Waals surface area contributed by atoms with Gasteiger partial charge in [0.1, 0.15) is 11.8 Å². The van der Waals surface area contributed by atoms with E-state index in [-0.39, 0.29) is 17.7 Å². The highest BCUT2D eigenvalue weighted by atomic mass is 16.5. The van der Waals surface area contributed by atoms with Crippen LogP contribution in [0.2, 0.25) is 0 Å². The molecule has 1 atom stereocenters. The molecule has 2 aromatic carbocycles. The molecule has 0 radical (unpaired) electrons. The van der Waals surface area contributed by atoms with Gasteiger partial charge in [-0.15, -0.1) is 0 Å². The van der Waals surface area contributed by atoms with Crippen LogP contribution in [0.3, 0.4) is 0 Å². The first kappa shape index (κ1) is 19.5. The van der Waals surface area contributed by atoms with Gasteiger partial charge in [0.25, 0.3) is 5.91 Å². The topological polar surface area (TPSA) is 67.4 Å². The second kappa shape index (κ2) is 9.04. The van der Waals surface area contributed by atoms with Gasteiger partial charge in [0, 0.05) is 5.69 Å². The van der Waals surface area contributed by atoms with Gasteiger partial charge in [-0.1, -0.05) is 43.7 Å². The van der Waals surface area contributed by atoms with Crippen molar-refractivity contribution in [3.63, 3.8) is 0 Å². The molecule has 0 saturated carbocycles. The van der Waals surface area contributed by atoms with Crippen LogP contribution < -0.4 is 15.4 Å². The highest BCUT2D eigenvalue weighted by molar-refractivity contribution is 6.02. The number of nitrogens with one attached hydrogen (secondary N) is 2. The van der Waals surface area contributed by atoms with Crippen molar-refractivity contribution < 1.29 is 14.3 Å². The summed E-state index contributed by atoms with van der Waals surface area (Å²) in [4.78, 5) is 25.3. The third-order valence-electron chi connectivity index (χ3n) is 3.99. The molecule has 0 bridgehead atoms. The fourth-order valence-electron chi connectivity index (χ4n) is 2.55. The Labute approximate surface area is 154 Å². The molecule has 5 nitrogen and oxygen atoms in total. The molecule has 2 aromatic rings. The summed E-state index contributed by atoms with van der Waals surface area (Å²) < 4.78 is 5.51. The molecule has 2 rings (SSSR count). The number of ether oxygens (including phenoxy) is 1. The maximum Gasteiger partial charge on any atom is 0.255 e. The first-order valence-electron chi connectivity index (χ1n) is 8.82. The number of anilines is 1. The molecule has 26 heavy (non-hydrogen) atoms. The molecule has 0 fully saturated rings. The van der Waals surface area contributed by atoms with Crippen molar-refractivity contribution in [2.24, 2.45) is 5.92 Å². The lowest BCUT2D eigenvalue weighted by Crippen LogP contribution is -2.47. The van der Waals surface area contributed by atoms with Crippen molar-refractivity contribution >= 4 is 17.5 Å². The van der Waals surface area contributed by atoms with Crippen LogP contribution in [0.1, 0.15) is 36.7 Å². The Morgan fingerprint density at radius 3 is 2.31 bits per heavy atom. The van der Waals surface area contributed by atoms with Crippen molar-refractivity contribution in [3.8, 4) is 5.75 Å². The molecule has 0 spiro atoms. The monoisotopic (exact) mass is 354 g/mol.